The molecular weight excluding hydrogens is 232 g/mol. The van der Waals surface area contributed by atoms with Crippen LogP contribution in [0.2, 0.25) is 0 Å². The first-order chi connectivity index (χ1) is 8.61. The van der Waals surface area contributed by atoms with Gasteiger partial charge in [-0.15, -0.1) is 0 Å². The first-order valence-corrected chi connectivity index (χ1v) is 6.65. The number of amides is 3. The molecule has 1 aliphatic heterocycles. The Labute approximate surface area is 108 Å². The van der Waals surface area contributed by atoms with Crippen LogP contribution in [0, 0.1) is 0 Å². The highest BCUT2D eigenvalue weighted by Crippen LogP contribution is 1.97. The van der Waals surface area contributed by atoms with E-state index in [9.17, 15) is 9.59 Å². The molecular formula is C12H24N4O2. The van der Waals surface area contributed by atoms with Gasteiger partial charge in [0.25, 0.3) is 0 Å². The van der Waals surface area contributed by atoms with Crippen molar-refractivity contribution in [1.82, 2.24) is 20.9 Å². The lowest BCUT2D eigenvalue weighted by atomic mass is 10.2. The molecule has 0 saturated carbocycles. The van der Waals surface area contributed by atoms with Crippen LogP contribution >= 0.6 is 0 Å². The number of nitrogens with zero attached hydrogens (tertiary/aromatic N) is 1. The molecule has 1 rings (SSSR count). The van der Waals surface area contributed by atoms with Crippen molar-refractivity contribution in [3.8, 4) is 0 Å². The maximum Gasteiger partial charge on any atom is 0.321 e. The Kier molecular flexibility index (Phi) is 6.67. The Morgan fingerprint density at radius 3 is 2.89 bits per heavy atom. The molecule has 18 heavy (non-hydrogen) atoms. The van der Waals surface area contributed by atoms with Crippen LogP contribution in [-0.2, 0) is 4.79 Å². The van der Waals surface area contributed by atoms with E-state index in [4.69, 9.17) is 0 Å². The minimum atomic E-state index is -0.392. The molecule has 0 spiro atoms. The first-order valence-electron chi connectivity index (χ1n) is 6.65. The highest BCUT2D eigenvalue weighted by molar-refractivity contribution is 5.95. The molecule has 1 aliphatic rings. The van der Waals surface area contributed by atoms with Crippen molar-refractivity contribution in [2.45, 2.75) is 32.7 Å². The van der Waals surface area contributed by atoms with Crippen LogP contribution in [0.1, 0.15) is 26.7 Å². The minimum Gasteiger partial charge on any atom is -0.338 e. The Hall–Kier alpha value is -1.14. The van der Waals surface area contributed by atoms with Crippen molar-refractivity contribution in [1.29, 1.82) is 0 Å². The summed E-state index contributed by atoms with van der Waals surface area (Å²) in [4.78, 5) is 25.0. The highest BCUT2D eigenvalue weighted by Gasteiger charge is 2.18. The zero-order chi connectivity index (χ0) is 13.4. The summed E-state index contributed by atoms with van der Waals surface area (Å²) in [6.07, 6.45) is 1.95. The maximum atomic E-state index is 11.6. The number of hydrogen-bond donors (Lipinski definition) is 3. The Morgan fingerprint density at radius 2 is 2.22 bits per heavy atom. The van der Waals surface area contributed by atoms with Gasteiger partial charge < -0.3 is 10.6 Å². The number of carbonyl (C=O) groups excluding carboxylic acids is 2. The van der Waals surface area contributed by atoms with Crippen molar-refractivity contribution in [2.75, 3.05) is 32.7 Å². The van der Waals surface area contributed by atoms with E-state index in [1.165, 1.54) is 0 Å². The maximum absolute atomic E-state index is 11.6. The standard InChI is InChI=1S/C12H24N4O2/c1-3-4-5-14-12(18)15-11(17)9-16-7-6-13-10(2)8-16/h10,13H,3-9H2,1-2H3,(H2,14,15,17,18)/t10-/m0/s1. The summed E-state index contributed by atoms with van der Waals surface area (Å²) >= 11 is 0. The summed E-state index contributed by atoms with van der Waals surface area (Å²) in [5.74, 6) is -0.238. The van der Waals surface area contributed by atoms with Gasteiger partial charge >= 0.3 is 6.03 Å². The van der Waals surface area contributed by atoms with Gasteiger partial charge in [-0.1, -0.05) is 13.3 Å². The molecule has 0 aromatic carbocycles. The van der Waals surface area contributed by atoms with Crippen LogP contribution in [-0.4, -0.2) is 55.6 Å². The first kappa shape index (κ1) is 14.9. The largest absolute Gasteiger partial charge is 0.338 e. The molecule has 3 N–H and O–H groups in total. The number of rotatable bonds is 5. The van der Waals surface area contributed by atoms with E-state index in [0.29, 0.717) is 12.6 Å². The summed E-state index contributed by atoms with van der Waals surface area (Å²) in [7, 11) is 0. The third-order valence-electron chi connectivity index (χ3n) is 2.89. The summed E-state index contributed by atoms with van der Waals surface area (Å²) in [5, 5.41) is 8.32. The molecule has 6 heteroatoms. The quantitative estimate of drug-likeness (QED) is 0.601. The van der Waals surface area contributed by atoms with Crippen molar-refractivity contribution in [3.05, 3.63) is 0 Å². The minimum absolute atomic E-state index is 0.238. The lowest BCUT2D eigenvalue weighted by molar-refractivity contribution is -0.121. The van der Waals surface area contributed by atoms with Crippen LogP contribution in [0.4, 0.5) is 4.79 Å². The number of hydrogen-bond acceptors (Lipinski definition) is 4. The van der Waals surface area contributed by atoms with Gasteiger partial charge in [-0.3, -0.25) is 15.0 Å². The monoisotopic (exact) mass is 256 g/mol. The Balaban J connectivity index is 2.18. The van der Waals surface area contributed by atoms with Crippen molar-refractivity contribution in [3.63, 3.8) is 0 Å². The smallest absolute Gasteiger partial charge is 0.321 e. The summed E-state index contributed by atoms with van der Waals surface area (Å²) in [6.45, 7) is 7.60. The second-order valence-electron chi connectivity index (χ2n) is 4.75. The second-order valence-corrected chi connectivity index (χ2v) is 4.75. The molecule has 6 nitrogen and oxygen atoms in total. The molecule has 1 heterocycles. The molecule has 0 bridgehead atoms. The number of carbonyl (C=O) groups is 2. The SMILES string of the molecule is CCCCNC(=O)NC(=O)CN1CCN[C@@H](C)C1. The van der Waals surface area contributed by atoms with E-state index in [0.717, 1.165) is 32.5 Å². The van der Waals surface area contributed by atoms with Crippen molar-refractivity contribution < 1.29 is 9.59 Å². The van der Waals surface area contributed by atoms with Gasteiger partial charge in [0.05, 0.1) is 6.54 Å². The zero-order valence-electron chi connectivity index (χ0n) is 11.3. The Bertz CT molecular complexity index is 283. The van der Waals surface area contributed by atoms with E-state index in [1.807, 2.05) is 0 Å². The predicted octanol–water partition coefficient (Wildman–Crippen LogP) is -0.0940. The van der Waals surface area contributed by atoms with Gasteiger partial charge in [0, 0.05) is 32.2 Å². The molecule has 0 unspecified atom stereocenters. The van der Waals surface area contributed by atoms with Gasteiger partial charge in [-0.05, 0) is 13.3 Å². The lowest BCUT2D eigenvalue weighted by Gasteiger charge is -2.31. The average Bonchev–Trinajstić information content (AvgIpc) is 2.29. The van der Waals surface area contributed by atoms with Crippen LogP contribution < -0.4 is 16.0 Å². The zero-order valence-corrected chi connectivity index (χ0v) is 11.3. The highest BCUT2D eigenvalue weighted by atomic mass is 16.2. The average molecular weight is 256 g/mol. The summed E-state index contributed by atoms with van der Waals surface area (Å²) in [6, 6.07) is 0.00145. The second kappa shape index (κ2) is 8.05. The fraction of sp³-hybridized carbons (Fsp3) is 0.833. The van der Waals surface area contributed by atoms with E-state index in [2.05, 4.69) is 34.7 Å². The fourth-order valence-electron chi connectivity index (χ4n) is 1.95. The van der Waals surface area contributed by atoms with E-state index in [-0.39, 0.29) is 12.5 Å². The number of unbranched alkanes of at least 4 members (excludes halogenated alkanes) is 1. The fourth-order valence-corrected chi connectivity index (χ4v) is 1.95. The Morgan fingerprint density at radius 1 is 1.44 bits per heavy atom. The molecule has 1 fully saturated rings. The molecule has 0 aromatic heterocycles. The van der Waals surface area contributed by atoms with Crippen LogP contribution in [0.5, 0.6) is 0 Å². The molecule has 104 valence electrons. The summed E-state index contributed by atoms with van der Waals surface area (Å²) in [5.41, 5.74) is 0. The van der Waals surface area contributed by atoms with Crippen LogP contribution in [0.15, 0.2) is 0 Å². The van der Waals surface area contributed by atoms with Crippen molar-refractivity contribution >= 4 is 11.9 Å². The molecule has 1 atom stereocenters. The van der Waals surface area contributed by atoms with Gasteiger partial charge in [-0.25, -0.2) is 4.79 Å². The third-order valence-corrected chi connectivity index (χ3v) is 2.89. The van der Waals surface area contributed by atoms with Crippen molar-refractivity contribution in [2.24, 2.45) is 0 Å². The van der Waals surface area contributed by atoms with Gasteiger partial charge in [-0.2, -0.15) is 0 Å². The molecule has 0 radical (unpaired) electrons. The van der Waals surface area contributed by atoms with Gasteiger partial charge in [0.15, 0.2) is 0 Å². The van der Waals surface area contributed by atoms with Crippen LogP contribution in [0.3, 0.4) is 0 Å². The third kappa shape index (κ3) is 5.97. The topological polar surface area (TPSA) is 73.5 Å². The lowest BCUT2D eigenvalue weighted by Crippen LogP contribution is -2.53. The van der Waals surface area contributed by atoms with Crippen LogP contribution in [0.25, 0.3) is 0 Å². The van der Waals surface area contributed by atoms with E-state index in [1.54, 1.807) is 0 Å². The molecule has 0 aliphatic carbocycles. The van der Waals surface area contributed by atoms with E-state index < -0.39 is 6.03 Å². The summed E-state index contributed by atoms with van der Waals surface area (Å²) < 4.78 is 0. The molecule has 3 amide bonds. The predicted molar refractivity (Wildman–Crippen MR) is 70.4 cm³/mol. The number of imide groups is 1. The normalized spacial score (nSPS) is 20.4. The molecule has 0 aromatic rings. The molecule has 1 saturated heterocycles. The number of piperazine rings is 1. The number of nitrogens with one attached hydrogen (secondary N) is 3. The van der Waals surface area contributed by atoms with Gasteiger partial charge in [0.2, 0.25) is 5.91 Å². The van der Waals surface area contributed by atoms with E-state index >= 15 is 0 Å². The van der Waals surface area contributed by atoms with Gasteiger partial charge in [0.1, 0.15) is 0 Å². The number of urea groups is 1.